The lowest BCUT2D eigenvalue weighted by molar-refractivity contribution is -0.137. The highest BCUT2D eigenvalue weighted by Gasteiger charge is 2.14. The molecule has 6 heteroatoms. The molecule has 2 N–H and O–H groups in total. The molecule has 0 radical (unpaired) electrons. The van der Waals surface area contributed by atoms with E-state index in [-0.39, 0.29) is 24.3 Å². The molecule has 0 aliphatic rings. The van der Waals surface area contributed by atoms with Crippen LogP contribution in [0.1, 0.15) is 37.6 Å². The van der Waals surface area contributed by atoms with Gasteiger partial charge in [-0.3, -0.25) is 9.59 Å². The van der Waals surface area contributed by atoms with Gasteiger partial charge in [-0.05, 0) is 38.0 Å². The van der Waals surface area contributed by atoms with E-state index in [1.165, 1.54) is 7.11 Å². The minimum atomic E-state index is -0.876. The number of nitrogens with one attached hydrogen (secondary N) is 1. The Morgan fingerprint density at radius 2 is 1.91 bits per heavy atom. The first-order chi connectivity index (χ1) is 10.3. The topological polar surface area (TPSA) is 84.9 Å². The molecule has 0 aromatic heterocycles. The molecule has 6 nitrogen and oxygen atoms in total. The van der Waals surface area contributed by atoms with Crippen LogP contribution in [0.4, 0.5) is 0 Å². The van der Waals surface area contributed by atoms with E-state index in [1.54, 1.807) is 25.1 Å². The summed E-state index contributed by atoms with van der Waals surface area (Å²) in [4.78, 5) is 22.7. The van der Waals surface area contributed by atoms with Crippen molar-refractivity contribution in [1.29, 1.82) is 0 Å². The van der Waals surface area contributed by atoms with Gasteiger partial charge in [-0.2, -0.15) is 0 Å². The predicted octanol–water partition coefficient (Wildman–Crippen LogP) is 2.32. The minimum Gasteiger partial charge on any atom is -0.493 e. The van der Waals surface area contributed by atoms with E-state index in [0.29, 0.717) is 23.6 Å². The summed E-state index contributed by atoms with van der Waals surface area (Å²) in [6.45, 7) is 5.89. The monoisotopic (exact) mass is 309 g/mol. The first-order valence-corrected chi connectivity index (χ1v) is 7.18. The van der Waals surface area contributed by atoms with Crippen molar-refractivity contribution in [3.63, 3.8) is 0 Å². The number of benzene rings is 1. The van der Waals surface area contributed by atoms with Gasteiger partial charge in [0.25, 0.3) is 5.91 Å². The smallest absolute Gasteiger partial charge is 0.303 e. The summed E-state index contributed by atoms with van der Waals surface area (Å²) in [7, 11) is 1.51. The van der Waals surface area contributed by atoms with Gasteiger partial charge in [0.1, 0.15) is 0 Å². The van der Waals surface area contributed by atoms with E-state index in [4.69, 9.17) is 14.6 Å². The number of carboxylic acids is 1. The highest BCUT2D eigenvalue weighted by molar-refractivity contribution is 5.94. The van der Waals surface area contributed by atoms with Crippen molar-refractivity contribution >= 4 is 11.9 Å². The zero-order valence-corrected chi connectivity index (χ0v) is 13.4. The van der Waals surface area contributed by atoms with Crippen LogP contribution < -0.4 is 14.8 Å². The van der Waals surface area contributed by atoms with Gasteiger partial charge in [0.05, 0.1) is 13.2 Å². The van der Waals surface area contributed by atoms with E-state index in [2.05, 4.69) is 5.32 Å². The number of carboxylic acid groups (broad SMARTS) is 1. The highest BCUT2D eigenvalue weighted by Crippen LogP contribution is 2.28. The Morgan fingerprint density at radius 3 is 2.45 bits per heavy atom. The molecule has 1 unspecified atom stereocenters. The number of rotatable bonds is 8. The zero-order chi connectivity index (χ0) is 16.7. The van der Waals surface area contributed by atoms with E-state index in [1.807, 2.05) is 13.8 Å². The van der Waals surface area contributed by atoms with Crippen LogP contribution in [-0.2, 0) is 4.79 Å². The predicted molar refractivity (Wildman–Crippen MR) is 82.5 cm³/mol. The summed E-state index contributed by atoms with van der Waals surface area (Å²) in [6.07, 6.45) is 0.0237. The number of carbonyl (C=O) groups excluding carboxylic acids is 1. The fraction of sp³-hybridized carbons (Fsp3) is 0.500. The van der Waals surface area contributed by atoms with E-state index >= 15 is 0 Å². The largest absolute Gasteiger partial charge is 0.493 e. The molecule has 1 rings (SSSR count). The molecule has 0 fully saturated rings. The molecule has 1 atom stereocenters. The molecule has 1 aromatic rings. The Hall–Kier alpha value is -2.24. The second-order valence-electron chi connectivity index (χ2n) is 5.45. The Bertz CT molecular complexity index is 527. The van der Waals surface area contributed by atoms with Gasteiger partial charge in [0, 0.05) is 18.5 Å². The van der Waals surface area contributed by atoms with Gasteiger partial charge in [-0.25, -0.2) is 0 Å². The maximum Gasteiger partial charge on any atom is 0.303 e. The van der Waals surface area contributed by atoms with Crippen LogP contribution in [0.15, 0.2) is 18.2 Å². The summed E-state index contributed by atoms with van der Waals surface area (Å²) in [5.74, 6) is -0.217. The lowest BCUT2D eigenvalue weighted by atomic mass is 10.1. The number of ether oxygens (including phenoxy) is 2. The molecular formula is C16H23NO5. The lowest BCUT2D eigenvalue weighted by Gasteiger charge is -2.15. The zero-order valence-electron chi connectivity index (χ0n) is 13.4. The molecule has 0 saturated heterocycles. The molecule has 1 aromatic carbocycles. The van der Waals surface area contributed by atoms with E-state index < -0.39 is 5.97 Å². The van der Waals surface area contributed by atoms with Crippen LogP contribution in [0.3, 0.4) is 0 Å². The third kappa shape index (κ3) is 5.63. The molecular weight excluding hydrogens is 286 g/mol. The van der Waals surface area contributed by atoms with E-state index in [9.17, 15) is 9.59 Å². The number of methoxy groups -OCH3 is 1. The van der Waals surface area contributed by atoms with Gasteiger partial charge >= 0.3 is 5.97 Å². The highest BCUT2D eigenvalue weighted by atomic mass is 16.5. The first kappa shape index (κ1) is 17.8. The SMILES string of the molecule is COc1cc(C(=O)NCC(C)CC(=O)O)ccc1OC(C)C. The Kier molecular flexibility index (Phi) is 6.69. The minimum absolute atomic E-state index is 0.00504. The Balaban J connectivity index is 2.71. The van der Waals surface area contributed by atoms with Gasteiger partial charge in [0.15, 0.2) is 11.5 Å². The normalized spacial score (nSPS) is 11.9. The van der Waals surface area contributed by atoms with Crippen molar-refractivity contribution in [2.24, 2.45) is 5.92 Å². The van der Waals surface area contributed by atoms with Crippen LogP contribution in [0, 0.1) is 5.92 Å². The maximum absolute atomic E-state index is 12.1. The average molecular weight is 309 g/mol. The third-order valence-corrected chi connectivity index (χ3v) is 2.92. The maximum atomic E-state index is 12.1. The second-order valence-corrected chi connectivity index (χ2v) is 5.45. The summed E-state index contributed by atoms with van der Waals surface area (Å²) in [5, 5.41) is 11.4. The van der Waals surface area contributed by atoms with Crippen molar-refractivity contribution in [2.75, 3.05) is 13.7 Å². The van der Waals surface area contributed by atoms with Crippen LogP contribution >= 0.6 is 0 Å². The fourth-order valence-corrected chi connectivity index (χ4v) is 1.90. The number of hydrogen-bond acceptors (Lipinski definition) is 4. The van der Waals surface area contributed by atoms with Crippen LogP contribution in [0.2, 0.25) is 0 Å². The van der Waals surface area contributed by atoms with Crippen molar-refractivity contribution in [2.45, 2.75) is 33.3 Å². The van der Waals surface area contributed by atoms with Crippen LogP contribution in [-0.4, -0.2) is 36.7 Å². The lowest BCUT2D eigenvalue weighted by Crippen LogP contribution is -2.29. The van der Waals surface area contributed by atoms with Gasteiger partial charge < -0.3 is 19.9 Å². The van der Waals surface area contributed by atoms with E-state index in [0.717, 1.165) is 0 Å². The molecule has 0 saturated carbocycles. The molecule has 0 spiro atoms. The number of carbonyl (C=O) groups is 2. The van der Waals surface area contributed by atoms with Gasteiger partial charge in [0.2, 0.25) is 0 Å². The van der Waals surface area contributed by atoms with Crippen molar-refractivity contribution < 1.29 is 24.2 Å². The molecule has 122 valence electrons. The molecule has 0 aliphatic carbocycles. The van der Waals surface area contributed by atoms with Gasteiger partial charge in [-0.15, -0.1) is 0 Å². The Morgan fingerprint density at radius 1 is 1.23 bits per heavy atom. The van der Waals surface area contributed by atoms with Crippen molar-refractivity contribution in [3.05, 3.63) is 23.8 Å². The number of hydrogen-bond donors (Lipinski definition) is 2. The second kappa shape index (κ2) is 8.26. The summed E-state index contributed by atoms with van der Waals surface area (Å²) >= 11 is 0. The molecule has 0 heterocycles. The fourth-order valence-electron chi connectivity index (χ4n) is 1.90. The molecule has 0 bridgehead atoms. The molecule has 22 heavy (non-hydrogen) atoms. The van der Waals surface area contributed by atoms with Crippen LogP contribution in [0.25, 0.3) is 0 Å². The summed E-state index contributed by atoms with van der Waals surface area (Å²) < 4.78 is 10.8. The van der Waals surface area contributed by atoms with Gasteiger partial charge in [-0.1, -0.05) is 6.92 Å². The Labute approximate surface area is 130 Å². The van der Waals surface area contributed by atoms with Crippen molar-refractivity contribution in [3.8, 4) is 11.5 Å². The quantitative estimate of drug-likeness (QED) is 0.770. The summed E-state index contributed by atoms with van der Waals surface area (Å²) in [5.41, 5.74) is 0.440. The molecule has 1 amide bonds. The average Bonchev–Trinajstić information content (AvgIpc) is 2.43. The first-order valence-electron chi connectivity index (χ1n) is 7.18. The van der Waals surface area contributed by atoms with Crippen molar-refractivity contribution in [1.82, 2.24) is 5.32 Å². The van der Waals surface area contributed by atoms with Crippen LogP contribution in [0.5, 0.6) is 11.5 Å². The summed E-state index contributed by atoms with van der Waals surface area (Å²) in [6, 6.07) is 4.95. The molecule has 0 aliphatic heterocycles. The standard InChI is InChI=1S/C16H23NO5/c1-10(2)22-13-6-5-12(8-14(13)21-4)16(20)17-9-11(3)7-15(18)19/h5-6,8,10-11H,7,9H2,1-4H3,(H,17,20)(H,18,19). The number of amides is 1. The number of aliphatic carboxylic acids is 1. The third-order valence-electron chi connectivity index (χ3n) is 2.92.